The SMILES string of the molecule is Cc1cc(C(=O)NC(CCl)C(C)C)on1. The number of rotatable bonds is 4. The van der Waals surface area contributed by atoms with E-state index in [2.05, 4.69) is 10.5 Å². The number of aromatic nitrogens is 1. The van der Waals surface area contributed by atoms with Crippen LogP contribution in [0.15, 0.2) is 10.6 Å². The van der Waals surface area contributed by atoms with Gasteiger partial charge in [0.1, 0.15) is 0 Å². The zero-order valence-corrected chi connectivity index (χ0v) is 9.84. The molecule has 1 N–H and O–H groups in total. The quantitative estimate of drug-likeness (QED) is 0.805. The van der Waals surface area contributed by atoms with E-state index in [1.807, 2.05) is 13.8 Å². The fourth-order valence-electron chi connectivity index (χ4n) is 1.09. The van der Waals surface area contributed by atoms with Crippen LogP contribution in [-0.2, 0) is 0 Å². The Hall–Kier alpha value is -1.03. The minimum absolute atomic E-state index is 0.0513. The maximum atomic E-state index is 11.6. The van der Waals surface area contributed by atoms with E-state index in [0.717, 1.165) is 0 Å². The molecular weight excluding hydrogens is 216 g/mol. The summed E-state index contributed by atoms with van der Waals surface area (Å²) in [6.45, 7) is 5.76. The molecule has 0 saturated carbocycles. The highest BCUT2D eigenvalue weighted by atomic mass is 35.5. The van der Waals surface area contributed by atoms with Crippen LogP contribution in [0.3, 0.4) is 0 Å². The Bertz CT molecular complexity index is 336. The predicted octanol–water partition coefficient (Wildman–Crippen LogP) is 1.98. The first kappa shape index (κ1) is 12.0. The van der Waals surface area contributed by atoms with Gasteiger partial charge in [-0.15, -0.1) is 11.6 Å². The lowest BCUT2D eigenvalue weighted by atomic mass is 10.1. The highest BCUT2D eigenvalue weighted by molar-refractivity contribution is 6.18. The first-order chi connectivity index (χ1) is 7.04. The van der Waals surface area contributed by atoms with Crippen molar-refractivity contribution >= 4 is 17.5 Å². The minimum Gasteiger partial charge on any atom is -0.351 e. The van der Waals surface area contributed by atoms with Crippen molar-refractivity contribution in [2.45, 2.75) is 26.8 Å². The lowest BCUT2D eigenvalue weighted by Gasteiger charge is -2.18. The first-order valence-corrected chi connectivity index (χ1v) is 5.38. The van der Waals surface area contributed by atoms with Crippen LogP contribution in [0.4, 0.5) is 0 Å². The van der Waals surface area contributed by atoms with Gasteiger partial charge in [-0.2, -0.15) is 0 Å². The van der Waals surface area contributed by atoms with E-state index in [0.29, 0.717) is 11.6 Å². The molecule has 0 fully saturated rings. The number of halogens is 1. The average molecular weight is 231 g/mol. The highest BCUT2D eigenvalue weighted by Gasteiger charge is 2.18. The molecule has 84 valence electrons. The third-order valence-electron chi connectivity index (χ3n) is 2.14. The molecule has 5 heteroatoms. The largest absolute Gasteiger partial charge is 0.351 e. The summed E-state index contributed by atoms with van der Waals surface area (Å²) >= 11 is 5.74. The van der Waals surface area contributed by atoms with Gasteiger partial charge in [0.25, 0.3) is 5.91 Å². The standard InChI is InChI=1S/C10H15ClN2O2/c1-6(2)8(5-11)12-10(14)9-4-7(3)13-15-9/h4,6,8H,5H2,1-3H3,(H,12,14). The number of amides is 1. The number of nitrogens with one attached hydrogen (secondary N) is 1. The van der Waals surface area contributed by atoms with E-state index >= 15 is 0 Å². The molecule has 1 atom stereocenters. The molecule has 0 radical (unpaired) electrons. The first-order valence-electron chi connectivity index (χ1n) is 4.84. The van der Waals surface area contributed by atoms with E-state index < -0.39 is 0 Å². The van der Waals surface area contributed by atoms with E-state index in [1.54, 1.807) is 13.0 Å². The summed E-state index contributed by atoms with van der Waals surface area (Å²) in [7, 11) is 0. The second-order valence-corrected chi connectivity index (χ2v) is 4.12. The summed E-state index contributed by atoms with van der Waals surface area (Å²) in [5.74, 6) is 0.630. The zero-order valence-electron chi connectivity index (χ0n) is 9.08. The number of alkyl halides is 1. The van der Waals surface area contributed by atoms with Crippen LogP contribution >= 0.6 is 11.6 Å². The van der Waals surface area contributed by atoms with Crippen molar-refractivity contribution in [1.82, 2.24) is 10.5 Å². The molecule has 0 saturated heterocycles. The molecule has 0 bridgehead atoms. The number of hydrogen-bond donors (Lipinski definition) is 1. The fraction of sp³-hybridized carbons (Fsp3) is 0.600. The van der Waals surface area contributed by atoms with Crippen LogP contribution in [0.5, 0.6) is 0 Å². The number of hydrogen-bond acceptors (Lipinski definition) is 3. The molecule has 1 amide bonds. The molecule has 1 heterocycles. The topological polar surface area (TPSA) is 55.1 Å². The molecule has 1 aromatic heterocycles. The molecule has 0 aromatic carbocycles. The lowest BCUT2D eigenvalue weighted by molar-refractivity contribution is 0.0894. The van der Waals surface area contributed by atoms with E-state index in [9.17, 15) is 4.79 Å². The van der Waals surface area contributed by atoms with Crippen molar-refractivity contribution in [1.29, 1.82) is 0 Å². The van der Waals surface area contributed by atoms with Gasteiger partial charge in [0, 0.05) is 18.0 Å². The molecule has 1 aromatic rings. The van der Waals surface area contributed by atoms with Gasteiger partial charge in [-0.05, 0) is 12.8 Å². The summed E-state index contributed by atoms with van der Waals surface area (Å²) in [4.78, 5) is 11.6. The summed E-state index contributed by atoms with van der Waals surface area (Å²) in [6.07, 6.45) is 0. The zero-order chi connectivity index (χ0) is 11.4. The fourth-order valence-corrected chi connectivity index (χ4v) is 1.53. The predicted molar refractivity (Wildman–Crippen MR) is 58.1 cm³/mol. The van der Waals surface area contributed by atoms with Crippen LogP contribution in [0.1, 0.15) is 30.1 Å². The lowest BCUT2D eigenvalue weighted by Crippen LogP contribution is -2.39. The Labute approximate surface area is 94.0 Å². The van der Waals surface area contributed by atoms with Crippen LogP contribution in [0.2, 0.25) is 0 Å². The van der Waals surface area contributed by atoms with Gasteiger partial charge in [-0.25, -0.2) is 0 Å². The summed E-state index contributed by atoms with van der Waals surface area (Å²) in [6, 6.07) is 1.55. The van der Waals surface area contributed by atoms with Crippen molar-refractivity contribution < 1.29 is 9.32 Å². The van der Waals surface area contributed by atoms with Gasteiger partial charge in [0.05, 0.1) is 5.69 Å². The molecular formula is C10H15ClN2O2. The average Bonchev–Trinajstić information content (AvgIpc) is 2.60. The van der Waals surface area contributed by atoms with Gasteiger partial charge < -0.3 is 9.84 Å². The Morgan fingerprint density at radius 3 is 2.73 bits per heavy atom. The second kappa shape index (κ2) is 5.16. The third kappa shape index (κ3) is 3.23. The van der Waals surface area contributed by atoms with Crippen molar-refractivity contribution in [3.8, 4) is 0 Å². The Kier molecular flexibility index (Phi) is 4.15. The smallest absolute Gasteiger partial charge is 0.290 e. The molecule has 4 nitrogen and oxygen atoms in total. The minimum atomic E-state index is -0.269. The Morgan fingerprint density at radius 1 is 1.67 bits per heavy atom. The molecule has 1 unspecified atom stereocenters. The molecule has 0 aliphatic rings. The Morgan fingerprint density at radius 2 is 2.33 bits per heavy atom. The highest BCUT2D eigenvalue weighted by Crippen LogP contribution is 2.07. The summed E-state index contributed by atoms with van der Waals surface area (Å²) in [5.41, 5.74) is 0.687. The maximum Gasteiger partial charge on any atom is 0.290 e. The molecule has 0 aliphatic carbocycles. The third-order valence-corrected chi connectivity index (χ3v) is 2.47. The molecule has 0 spiro atoms. The van der Waals surface area contributed by atoms with Gasteiger partial charge in [0.2, 0.25) is 5.76 Å². The van der Waals surface area contributed by atoms with E-state index in [-0.39, 0.29) is 23.6 Å². The van der Waals surface area contributed by atoms with Gasteiger partial charge in [-0.3, -0.25) is 4.79 Å². The van der Waals surface area contributed by atoms with Gasteiger partial charge >= 0.3 is 0 Å². The number of carbonyl (C=O) groups excluding carboxylic acids is 1. The summed E-state index contributed by atoms with van der Waals surface area (Å²) in [5, 5.41) is 6.44. The van der Waals surface area contributed by atoms with Crippen molar-refractivity contribution in [3.05, 3.63) is 17.5 Å². The normalized spacial score (nSPS) is 12.9. The Balaban J connectivity index is 2.62. The number of aryl methyl sites for hydroxylation is 1. The number of nitrogens with zero attached hydrogens (tertiary/aromatic N) is 1. The molecule has 15 heavy (non-hydrogen) atoms. The van der Waals surface area contributed by atoms with Crippen molar-refractivity contribution in [2.24, 2.45) is 5.92 Å². The van der Waals surface area contributed by atoms with Gasteiger partial charge in [-0.1, -0.05) is 19.0 Å². The van der Waals surface area contributed by atoms with Crippen LogP contribution in [0.25, 0.3) is 0 Å². The van der Waals surface area contributed by atoms with Crippen molar-refractivity contribution in [3.63, 3.8) is 0 Å². The van der Waals surface area contributed by atoms with Crippen LogP contribution in [-0.4, -0.2) is 23.0 Å². The van der Waals surface area contributed by atoms with E-state index in [1.165, 1.54) is 0 Å². The molecule has 1 rings (SSSR count). The van der Waals surface area contributed by atoms with E-state index in [4.69, 9.17) is 16.1 Å². The summed E-state index contributed by atoms with van der Waals surface area (Å²) < 4.78 is 4.85. The number of carbonyl (C=O) groups is 1. The maximum absolute atomic E-state index is 11.6. The molecule has 0 aliphatic heterocycles. The van der Waals surface area contributed by atoms with Gasteiger partial charge in [0.15, 0.2) is 0 Å². The van der Waals surface area contributed by atoms with Crippen LogP contribution < -0.4 is 5.32 Å². The van der Waals surface area contributed by atoms with Crippen LogP contribution in [0, 0.1) is 12.8 Å². The van der Waals surface area contributed by atoms with Crippen molar-refractivity contribution in [2.75, 3.05) is 5.88 Å². The monoisotopic (exact) mass is 230 g/mol. The second-order valence-electron chi connectivity index (χ2n) is 3.81.